The lowest BCUT2D eigenvalue weighted by Gasteiger charge is -2.11. The number of carbonyl (C=O) groups excluding carboxylic acids is 1. The molecule has 0 aliphatic heterocycles. The van der Waals surface area contributed by atoms with Crippen LogP contribution in [0.3, 0.4) is 0 Å². The van der Waals surface area contributed by atoms with Crippen molar-refractivity contribution in [2.45, 2.75) is 0 Å². The molecule has 0 radical (unpaired) electrons. The number of halogens is 3. The van der Waals surface area contributed by atoms with E-state index in [1.807, 2.05) is 36.4 Å². The lowest BCUT2D eigenvalue weighted by molar-refractivity contribution is -0.136. The maximum absolute atomic E-state index is 12.0. The maximum Gasteiger partial charge on any atom is 0.349 e. The summed E-state index contributed by atoms with van der Waals surface area (Å²) in [4.78, 5) is 12.0. The summed E-state index contributed by atoms with van der Waals surface area (Å²) >= 11 is 12.8. The number of fused-ring (bicyclic) bond motifs is 1. The van der Waals surface area contributed by atoms with Crippen LogP contribution in [-0.4, -0.2) is 12.6 Å². The van der Waals surface area contributed by atoms with Crippen molar-refractivity contribution in [3.05, 3.63) is 68.6 Å². The molecule has 3 rings (SSSR count). The molecule has 3 nitrogen and oxygen atoms in total. The van der Waals surface area contributed by atoms with E-state index in [1.165, 1.54) is 0 Å². The third-order valence-corrected chi connectivity index (χ3v) is 4.90. The van der Waals surface area contributed by atoms with Crippen molar-refractivity contribution in [1.82, 2.24) is 0 Å². The van der Waals surface area contributed by atoms with E-state index in [-0.39, 0.29) is 6.61 Å². The summed E-state index contributed by atoms with van der Waals surface area (Å²) in [6.07, 6.45) is 0. The second-order valence-corrected chi connectivity index (χ2v) is 7.05. The lowest BCUT2D eigenvalue weighted by atomic mass is 10.1. The van der Waals surface area contributed by atoms with E-state index >= 15 is 0 Å². The van der Waals surface area contributed by atoms with Crippen LogP contribution in [-0.2, 0) is 4.79 Å². The van der Waals surface area contributed by atoms with Crippen LogP contribution in [0.15, 0.2) is 63.5 Å². The third-order valence-electron chi connectivity index (χ3n) is 3.29. The van der Waals surface area contributed by atoms with Crippen LogP contribution in [0.25, 0.3) is 10.8 Å². The first kappa shape index (κ1) is 17.3. The summed E-state index contributed by atoms with van der Waals surface area (Å²) in [6.45, 7) is -0.219. The summed E-state index contributed by atoms with van der Waals surface area (Å²) in [5.41, 5.74) is 0. The number of carbonyl (C=O) groups is 1. The molecule has 0 saturated heterocycles. The molecular weight excluding hydrogens is 459 g/mol. The predicted octanol–water partition coefficient (Wildman–Crippen LogP) is 6.00. The number of hydrogen-bond donors (Lipinski definition) is 0. The van der Waals surface area contributed by atoms with Crippen molar-refractivity contribution >= 4 is 60.2 Å². The zero-order valence-electron chi connectivity index (χ0n) is 12.3. The second-order valence-electron chi connectivity index (χ2n) is 4.94. The maximum atomic E-state index is 12.0. The molecule has 0 bridgehead atoms. The van der Waals surface area contributed by atoms with Crippen LogP contribution in [0.1, 0.15) is 0 Å². The fourth-order valence-electron chi connectivity index (χ4n) is 2.17. The molecule has 0 spiro atoms. The Balaban J connectivity index is 1.69. The first-order valence-corrected chi connectivity index (χ1v) is 8.97. The van der Waals surface area contributed by atoms with Gasteiger partial charge in [-0.2, -0.15) is 0 Å². The van der Waals surface area contributed by atoms with Crippen LogP contribution >= 0.6 is 43.5 Å². The Hall–Kier alpha value is -1.56. The molecule has 0 atom stereocenters. The molecule has 24 heavy (non-hydrogen) atoms. The minimum absolute atomic E-state index is 0.219. The molecule has 3 aromatic rings. The average Bonchev–Trinajstić information content (AvgIpc) is 2.57. The fraction of sp³-hybridized carbons (Fsp3) is 0.0556. The van der Waals surface area contributed by atoms with Crippen LogP contribution < -0.4 is 9.47 Å². The number of rotatable bonds is 4. The first-order valence-electron chi connectivity index (χ1n) is 7.00. The molecule has 122 valence electrons. The first-order chi connectivity index (χ1) is 11.5. The van der Waals surface area contributed by atoms with Gasteiger partial charge in [-0.25, -0.2) is 4.79 Å². The van der Waals surface area contributed by atoms with Crippen molar-refractivity contribution in [1.29, 1.82) is 0 Å². The van der Waals surface area contributed by atoms with Crippen molar-refractivity contribution in [2.24, 2.45) is 0 Å². The Bertz CT molecular complexity index is 912. The van der Waals surface area contributed by atoms with Gasteiger partial charge in [0.2, 0.25) is 0 Å². The van der Waals surface area contributed by atoms with Crippen LogP contribution in [0, 0.1) is 0 Å². The van der Waals surface area contributed by atoms with Gasteiger partial charge in [0.25, 0.3) is 0 Å². The molecule has 0 unspecified atom stereocenters. The topological polar surface area (TPSA) is 35.5 Å². The Kier molecular flexibility index (Phi) is 5.43. The van der Waals surface area contributed by atoms with Gasteiger partial charge in [-0.05, 0) is 51.0 Å². The highest BCUT2D eigenvalue weighted by atomic mass is 79.9. The quantitative estimate of drug-likeness (QED) is 0.346. The molecule has 0 fully saturated rings. The average molecular weight is 471 g/mol. The van der Waals surface area contributed by atoms with E-state index in [0.717, 1.165) is 19.7 Å². The summed E-state index contributed by atoms with van der Waals surface area (Å²) < 4.78 is 12.4. The highest BCUT2D eigenvalue weighted by molar-refractivity contribution is 9.11. The lowest BCUT2D eigenvalue weighted by Crippen LogP contribution is -2.18. The molecule has 0 aromatic heterocycles. The molecule has 0 aliphatic carbocycles. The van der Waals surface area contributed by atoms with Gasteiger partial charge in [0.05, 0.1) is 9.50 Å². The molecule has 0 heterocycles. The van der Waals surface area contributed by atoms with Gasteiger partial charge in [-0.15, -0.1) is 0 Å². The number of esters is 1. The largest absolute Gasteiger partial charge is 0.481 e. The van der Waals surface area contributed by atoms with Crippen LogP contribution in [0.4, 0.5) is 0 Å². The summed E-state index contributed by atoms with van der Waals surface area (Å²) in [5.74, 6) is 0.345. The van der Waals surface area contributed by atoms with Crippen molar-refractivity contribution in [2.75, 3.05) is 6.61 Å². The van der Waals surface area contributed by atoms with Gasteiger partial charge in [0.1, 0.15) is 11.5 Å². The molecule has 0 amide bonds. The summed E-state index contributed by atoms with van der Waals surface area (Å²) in [6, 6.07) is 16.7. The monoisotopic (exact) mass is 468 g/mol. The minimum atomic E-state index is -0.528. The molecular formula is C18H11Br2ClO3. The van der Waals surface area contributed by atoms with Crippen molar-refractivity contribution in [3.8, 4) is 11.5 Å². The molecule has 6 heteroatoms. The van der Waals surface area contributed by atoms with Crippen LogP contribution in [0.2, 0.25) is 5.02 Å². The Morgan fingerprint density at radius 2 is 1.75 bits per heavy atom. The van der Waals surface area contributed by atoms with Gasteiger partial charge >= 0.3 is 5.97 Å². The SMILES string of the molecule is O=C(COc1ccc2ccccc2c1Br)Oc1ccc(Br)cc1Cl. The number of ether oxygens (including phenoxy) is 2. The molecule has 0 saturated carbocycles. The van der Waals surface area contributed by atoms with E-state index in [4.69, 9.17) is 21.1 Å². The normalized spacial score (nSPS) is 10.6. The van der Waals surface area contributed by atoms with Gasteiger partial charge in [-0.1, -0.05) is 57.9 Å². The standard InChI is InChI=1S/C18H11Br2ClO3/c19-12-6-8-15(14(21)9-12)24-17(22)10-23-16-7-5-11-3-1-2-4-13(11)18(16)20/h1-9H,10H2. The highest BCUT2D eigenvalue weighted by Gasteiger charge is 2.12. The van der Waals surface area contributed by atoms with E-state index in [2.05, 4.69) is 31.9 Å². The fourth-order valence-corrected chi connectivity index (χ4v) is 3.49. The molecule has 0 N–H and O–H groups in total. The van der Waals surface area contributed by atoms with Crippen molar-refractivity contribution in [3.63, 3.8) is 0 Å². The zero-order valence-corrected chi connectivity index (χ0v) is 16.2. The van der Waals surface area contributed by atoms with Crippen LogP contribution in [0.5, 0.6) is 11.5 Å². The van der Waals surface area contributed by atoms with Gasteiger partial charge in [-0.3, -0.25) is 0 Å². The number of benzene rings is 3. The Morgan fingerprint density at radius 1 is 1.00 bits per heavy atom. The zero-order chi connectivity index (χ0) is 17.1. The van der Waals surface area contributed by atoms with Gasteiger partial charge in [0.15, 0.2) is 6.61 Å². The Morgan fingerprint density at radius 3 is 2.54 bits per heavy atom. The molecule has 3 aromatic carbocycles. The van der Waals surface area contributed by atoms with E-state index in [9.17, 15) is 4.79 Å². The summed E-state index contributed by atoms with van der Waals surface area (Å²) in [7, 11) is 0. The predicted molar refractivity (Wildman–Crippen MR) is 102 cm³/mol. The van der Waals surface area contributed by atoms with Gasteiger partial charge < -0.3 is 9.47 Å². The van der Waals surface area contributed by atoms with E-state index in [0.29, 0.717) is 16.5 Å². The smallest absolute Gasteiger partial charge is 0.349 e. The minimum Gasteiger partial charge on any atom is -0.481 e. The van der Waals surface area contributed by atoms with E-state index < -0.39 is 5.97 Å². The molecule has 0 aliphatic rings. The number of hydrogen-bond acceptors (Lipinski definition) is 3. The third kappa shape index (κ3) is 3.91. The summed E-state index contributed by atoms with van der Waals surface area (Å²) in [5, 5.41) is 2.45. The van der Waals surface area contributed by atoms with E-state index in [1.54, 1.807) is 18.2 Å². The van der Waals surface area contributed by atoms with Crippen molar-refractivity contribution < 1.29 is 14.3 Å². The van der Waals surface area contributed by atoms with Gasteiger partial charge in [0, 0.05) is 4.47 Å². The highest BCUT2D eigenvalue weighted by Crippen LogP contribution is 2.33. The Labute approximate surface area is 160 Å². The second kappa shape index (κ2) is 7.55.